The Morgan fingerprint density at radius 1 is 1.19 bits per heavy atom. The lowest BCUT2D eigenvalue weighted by atomic mass is 10.1. The highest BCUT2D eigenvalue weighted by Crippen LogP contribution is 2.54. The maximum Gasteiger partial charge on any atom is 0.357 e. The summed E-state index contributed by atoms with van der Waals surface area (Å²) in [7, 11) is -2.57. The van der Waals surface area contributed by atoms with E-state index < -0.39 is 30.6 Å². The molecule has 0 aliphatic heterocycles. The molecule has 2 unspecified atom stereocenters. The average Bonchev–Trinajstić information content (AvgIpc) is 2.42. The zero-order valence-electron chi connectivity index (χ0n) is 12.9. The van der Waals surface area contributed by atoms with Gasteiger partial charge in [0, 0.05) is 0 Å². The van der Waals surface area contributed by atoms with E-state index in [0.717, 1.165) is 0 Å². The van der Waals surface area contributed by atoms with Gasteiger partial charge < -0.3 is 19.1 Å². The predicted molar refractivity (Wildman–Crippen MR) is 79.3 cm³/mol. The molecule has 0 aromatic rings. The first-order valence-corrected chi connectivity index (χ1v) is 8.69. The molecule has 0 aromatic carbocycles. The lowest BCUT2D eigenvalue weighted by molar-refractivity contribution is -0.146. The Balaban J connectivity index is 5.04. The van der Waals surface area contributed by atoms with Crippen LogP contribution in [0.5, 0.6) is 0 Å². The summed E-state index contributed by atoms with van der Waals surface area (Å²) < 4.78 is 27.0. The third-order valence-corrected chi connectivity index (χ3v) is 5.47. The normalized spacial score (nSPS) is 14.6. The minimum absolute atomic E-state index is 0.0817. The number of alkyl halides is 1. The monoisotopic (exact) mass is 343 g/mol. The van der Waals surface area contributed by atoms with Crippen molar-refractivity contribution in [3.05, 3.63) is 0 Å². The van der Waals surface area contributed by atoms with E-state index in [0.29, 0.717) is 0 Å². The molecule has 124 valence electrons. The number of esters is 1. The number of hydrogen-bond donors (Lipinski definition) is 1. The second-order valence-electron chi connectivity index (χ2n) is 4.46. The molecule has 0 fully saturated rings. The Morgan fingerprint density at radius 3 is 2.00 bits per heavy atom. The molecule has 2 atom stereocenters. The van der Waals surface area contributed by atoms with Crippen LogP contribution >= 0.6 is 19.2 Å². The molecule has 0 bridgehead atoms. The van der Waals surface area contributed by atoms with E-state index in [1.165, 1.54) is 7.11 Å². The number of carbonyl (C=O) groups is 2. The number of amides is 1. The van der Waals surface area contributed by atoms with Gasteiger partial charge in [0.2, 0.25) is 5.12 Å². The SMILES string of the molecule is CCOP(=O)(OCC)C(Cl)C(=O)NC(C(=O)OC)C(C)C. The second-order valence-corrected chi connectivity index (χ2v) is 7.32. The molecule has 1 N–H and O–H groups in total. The summed E-state index contributed by atoms with van der Waals surface area (Å²) in [5, 5.41) is 0.873. The molecule has 0 aromatic heterocycles. The van der Waals surface area contributed by atoms with Crippen LogP contribution in [0.1, 0.15) is 27.7 Å². The fourth-order valence-electron chi connectivity index (χ4n) is 1.52. The summed E-state index contributed by atoms with van der Waals surface area (Å²) in [5.41, 5.74) is 0. The molecule has 21 heavy (non-hydrogen) atoms. The van der Waals surface area contributed by atoms with E-state index in [9.17, 15) is 14.2 Å². The fourth-order valence-corrected chi connectivity index (χ4v) is 3.34. The van der Waals surface area contributed by atoms with Gasteiger partial charge in [-0.3, -0.25) is 9.36 Å². The molecule has 0 saturated heterocycles. The number of hydrogen-bond acceptors (Lipinski definition) is 6. The van der Waals surface area contributed by atoms with Crippen LogP contribution in [0, 0.1) is 5.92 Å². The Morgan fingerprint density at radius 2 is 1.67 bits per heavy atom. The van der Waals surface area contributed by atoms with Crippen LogP contribution in [-0.2, 0) is 27.9 Å². The van der Waals surface area contributed by atoms with Crippen molar-refractivity contribution in [1.29, 1.82) is 0 Å². The highest BCUT2D eigenvalue weighted by Gasteiger charge is 2.41. The minimum atomic E-state index is -3.79. The lowest BCUT2D eigenvalue weighted by Crippen LogP contribution is -2.47. The first-order valence-electron chi connectivity index (χ1n) is 6.64. The number of rotatable bonds is 9. The standard InChI is InChI=1S/C12H23ClNO6P/c1-6-19-21(17,20-7-2)10(13)11(15)14-9(8(3)4)12(16)18-5/h8-10H,6-7H2,1-5H3,(H,14,15). The van der Waals surface area contributed by atoms with Gasteiger partial charge in [-0.15, -0.1) is 0 Å². The summed E-state index contributed by atoms with van der Waals surface area (Å²) in [6, 6.07) is -0.888. The van der Waals surface area contributed by atoms with Crippen LogP contribution in [0.2, 0.25) is 0 Å². The molecule has 0 saturated carbocycles. The highest BCUT2D eigenvalue weighted by molar-refractivity contribution is 7.57. The highest BCUT2D eigenvalue weighted by atomic mass is 35.5. The Labute approximate surface area is 130 Å². The molecular weight excluding hydrogens is 321 g/mol. The molecule has 0 aliphatic carbocycles. The zero-order valence-corrected chi connectivity index (χ0v) is 14.6. The van der Waals surface area contributed by atoms with Crippen molar-refractivity contribution < 1.29 is 27.9 Å². The van der Waals surface area contributed by atoms with Gasteiger partial charge in [0.15, 0.2) is 0 Å². The van der Waals surface area contributed by atoms with Crippen LogP contribution < -0.4 is 5.32 Å². The zero-order chi connectivity index (χ0) is 16.6. The lowest BCUT2D eigenvalue weighted by Gasteiger charge is -2.24. The Bertz CT molecular complexity index is 393. The number of nitrogens with one attached hydrogen (secondary N) is 1. The van der Waals surface area contributed by atoms with Crippen molar-refractivity contribution in [2.75, 3.05) is 20.3 Å². The first kappa shape index (κ1) is 20.4. The molecule has 0 heterocycles. The van der Waals surface area contributed by atoms with E-state index in [-0.39, 0.29) is 19.1 Å². The summed E-state index contributed by atoms with van der Waals surface area (Å²) in [5.74, 6) is -1.63. The van der Waals surface area contributed by atoms with E-state index in [1.807, 2.05) is 0 Å². The molecule has 0 aliphatic rings. The van der Waals surface area contributed by atoms with Gasteiger partial charge in [-0.2, -0.15) is 0 Å². The van der Waals surface area contributed by atoms with Crippen molar-refractivity contribution >= 4 is 31.1 Å². The summed E-state index contributed by atoms with van der Waals surface area (Å²) >= 11 is 5.92. The van der Waals surface area contributed by atoms with Crippen molar-refractivity contribution in [3.8, 4) is 0 Å². The summed E-state index contributed by atoms with van der Waals surface area (Å²) in [6.45, 7) is 6.85. The molecule has 0 spiro atoms. The topological polar surface area (TPSA) is 90.9 Å². The summed E-state index contributed by atoms with van der Waals surface area (Å²) in [6.07, 6.45) is 0. The quantitative estimate of drug-likeness (QED) is 0.392. The maximum absolute atomic E-state index is 12.4. The second kappa shape index (κ2) is 9.41. The van der Waals surface area contributed by atoms with Gasteiger partial charge in [-0.25, -0.2) is 4.79 Å². The predicted octanol–water partition coefficient (Wildman–Crippen LogP) is 2.13. The average molecular weight is 344 g/mol. The molecular formula is C12H23ClNO6P. The van der Waals surface area contributed by atoms with Gasteiger partial charge >= 0.3 is 13.6 Å². The van der Waals surface area contributed by atoms with E-state index in [4.69, 9.17) is 20.6 Å². The molecule has 9 heteroatoms. The number of ether oxygens (including phenoxy) is 1. The number of halogens is 1. The van der Waals surface area contributed by atoms with Crippen LogP contribution in [0.25, 0.3) is 0 Å². The smallest absolute Gasteiger partial charge is 0.357 e. The maximum atomic E-state index is 12.4. The fraction of sp³-hybridized carbons (Fsp3) is 0.833. The van der Waals surface area contributed by atoms with Gasteiger partial charge in [-0.05, 0) is 19.8 Å². The molecule has 1 amide bonds. The van der Waals surface area contributed by atoms with Gasteiger partial charge in [0.25, 0.3) is 5.91 Å². The van der Waals surface area contributed by atoms with Crippen LogP contribution in [0.3, 0.4) is 0 Å². The van der Waals surface area contributed by atoms with Gasteiger partial charge in [0.05, 0.1) is 20.3 Å². The van der Waals surface area contributed by atoms with Crippen LogP contribution in [-0.4, -0.2) is 43.4 Å². The van der Waals surface area contributed by atoms with E-state index >= 15 is 0 Å². The summed E-state index contributed by atoms with van der Waals surface area (Å²) in [4.78, 5) is 23.7. The van der Waals surface area contributed by atoms with Crippen molar-refractivity contribution in [3.63, 3.8) is 0 Å². The molecule has 7 nitrogen and oxygen atoms in total. The minimum Gasteiger partial charge on any atom is -0.467 e. The third kappa shape index (κ3) is 5.94. The molecule has 0 rings (SSSR count). The van der Waals surface area contributed by atoms with Crippen LogP contribution in [0.4, 0.5) is 0 Å². The molecule has 0 radical (unpaired) electrons. The number of methoxy groups -OCH3 is 1. The van der Waals surface area contributed by atoms with Gasteiger partial charge in [0.1, 0.15) is 6.04 Å². The van der Waals surface area contributed by atoms with Crippen molar-refractivity contribution in [2.24, 2.45) is 5.92 Å². The van der Waals surface area contributed by atoms with Crippen molar-refractivity contribution in [2.45, 2.75) is 38.9 Å². The number of carbonyl (C=O) groups excluding carboxylic acids is 2. The Kier molecular flexibility index (Phi) is 9.13. The van der Waals surface area contributed by atoms with Gasteiger partial charge in [-0.1, -0.05) is 25.4 Å². The van der Waals surface area contributed by atoms with Crippen molar-refractivity contribution in [1.82, 2.24) is 5.32 Å². The first-order chi connectivity index (χ1) is 9.73. The largest absolute Gasteiger partial charge is 0.467 e. The van der Waals surface area contributed by atoms with E-state index in [2.05, 4.69) is 10.1 Å². The van der Waals surface area contributed by atoms with Crippen LogP contribution in [0.15, 0.2) is 0 Å². The third-order valence-electron chi connectivity index (χ3n) is 2.53. The van der Waals surface area contributed by atoms with E-state index in [1.54, 1.807) is 27.7 Å². The Hall–Kier alpha value is -0.620.